The van der Waals surface area contributed by atoms with Gasteiger partial charge in [0, 0.05) is 32.2 Å². The normalized spacial score (nSPS) is 21.6. The molecule has 1 aromatic heterocycles. The highest BCUT2D eigenvalue weighted by atomic mass is 32.2. The first-order chi connectivity index (χ1) is 11.9. The van der Waals surface area contributed by atoms with Crippen molar-refractivity contribution in [2.45, 2.75) is 38.7 Å². The molecule has 0 radical (unpaired) electrons. The molecule has 3 heterocycles. The van der Waals surface area contributed by atoms with Crippen LogP contribution in [-0.4, -0.2) is 72.8 Å². The third kappa shape index (κ3) is 3.88. The van der Waals surface area contributed by atoms with Crippen molar-refractivity contribution in [3.63, 3.8) is 0 Å². The minimum absolute atomic E-state index is 0.155. The lowest BCUT2D eigenvalue weighted by Gasteiger charge is -2.46. The van der Waals surface area contributed by atoms with Gasteiger partial charge in [-0.25, -0.2) is 8.42 Å². The Bertz CT molecular complexity index is 722. The van der Waals surface area contributed by atoms with Crippen LogP contribution in [0.3, 0.4) is 0 Å². The zero-order chi connectivity index (χ0) is 18.1. The van der Waals surface area contributed by atoms with Crippen LogP contribution in [0.5, 0.6) is 0 Å². The predicted molar refractivity (Wildman–Crippen MR) is 90.7 cm³/mol. The number of likely N-dealkylation sites (tertiary alicyclic amines) is 1. The average molecular weight is 371 g/mol. The summed E-state index contributed by atoms with van der Waals surface area (Å²) in [6.07, 6.45) is 1.84. The highest BCUT2D eigenvalue weighted by Gasteiger charge is 2.43. The number of nitrogens with zero attached hydrogens (tertiary/aromatic N) is 3. The summed E-state index contributed by atoms with van der Waals surface area (Å²) in [5, 5.41) is 3.77. The molecule has 0 atom stereocenters. The largest absolute Gasteiger partial charge is 0.372 e. The molecule has 25 heavy (non-hydrogen) atoms. The zero-order valence-corrected chi connectivity index (χ0v) is 15.5. The highest BCUT2D eigenvalue weighted by Crippen LogP contribution is 2.31. The summed E-state index contributed by atoms with van der Waals surface area (Å²) >= 11 is 0. The first kappa shape index (κ1) is 18.3. The van der Waals surface area contributed by atoms with Crippen LogP contribution in [0.1, 0.15) is 42.4 Å². The number of aryl methyl sites for hydroxylation is 1. The Hall–Kier alpha value is -1.45. The smallest absolute Gasteiger partial charge is 0.276 e. The maximum Gasteiger partial charge on any atom is 0.276 e. The zero-order valence-electron chi connectivity index (χ0n) is 14.7. The Morgan fingerprint density at radius 3 is 2.64 bits per heavy atom. The van der Waals surface area contributed by atoms with E-state index in [2.05, 4.69) is 5.16 Å². The summed E-state index contributed by atoms with van der Waals surface area (Å²) < 4.78 is 37.2. The van der Waals surface area contributed by atoms with Crippen molar-refractivity contribution in [3.05, 3.63) is 17.5 Å². The second kappa shape index (κ2) is 7.05. The van der Waals surface area contributed by atoms with E-state index in [0.717, 1.165) is 0 Å². The molecule has 9 heteroatoms. The van der Waals surface area contributed by atoms with E-state index in [4.69, 9.17) is 9.26 Å². The number of aromatic nitrogens is 1. The van der Waals surface area contributed by atoms with E-state index in [1.54, 1.807) is 22.2 Å². The minimum atomic E-state index is -3.23. The van der Waals surface area contributed by atoms with Gasteiger partial charge in [-0.1, -0.05) is 12.1 Å². The van der Waals surface area contributed by atoms with Gasteiger partial charge in [0.25, 0.3) is 5.91 Å². The Morgan fingerprint density at radius 2 is 2.04 bits per heavy atom. The number of sulfonamides is 1. The van der Waals surface area contributed by atoms with Gasteiger partial charge in [-0.2, -0.15) is 4.31 Å². The number of rotatable bonds is 4. The van der Waals surface area contributed by atoms with Crippen molar-refractivity contribution in [2.24, 2.45) is 0 Å². The standard InChI is InChI=1S/C16H25N3O5S/c1-3-10-25(21,22)19-8-9-23-16(12-19)4-6-18(7-5-16)15(20)14-11-13(2)24-17-14/h11H,3-10,12H2,1-2H3. The average Bonchev–Trinajstić information content (AvgIpc) is 3.01. The molecule has 140 valence electrons. The van der Waals surface area contributed by atoms with Crippen LogP contribution in [0.2, 0.25) is 0 Å². The fraction of sp³-hybridized carbons (Fsp3) is 0.750. The van der Waals surface area contributed by atoms with E-state index in [-0.39, 0.29) is 11.7 Å². The number of morpholine rings is 1. The topological polar surface area (TPSA) is 93.0 Å². The van der Waals surface area contributed by atoms with E-state index >= 15 is 0 Å². The van der Waals surface area contributed by atoms with E-state index in [1.807, 2.05) is 6.92 Å². The summed E-state index contributed by atoms with van der Waals surface area (Å²) in [5.74, 6) is 0.612. The van der Waals surface area contributed by atoms with Crippen molar-refractivity contribution in [1.82, 2.24) is 14.4 Å². The quantitative estimate of drug-likeness (QED) is 0.785. The molecule has 1 spiro atoms. The van der Waals surface area contributed by atoms with Gasteiger partial charge in [0.15, 0.2) is 5.69 Å². The van der Waals surface area contributed by atoms with Crippen molar-refractivity contribution in [2.75, 3.05) is 38.5 Å². The lowest BCUT2D eigenvalue weighted by molar-refractivity contribution is -0.115. The van der Waals surface area contributed by atoms with E-state index in [0.29, 0.717) is 63.5 Å². The van der Waals surface area contributed by atoms with Gasteiger partial charge in [0.05, 0.1) is 18.0 Å². The van der Waals surface area contributed by atoms with Crippen molar-refractivity contribution >= 4 is 15.9 Å². The third-order valence-electron chi connectivity index (χ3n) is 4.88. The SMILES string of the molecule is CCCS(=O)(=O)N1CCOC2(CCN(C(=O)c3cc(C)on3)CC2)C1. The van der Waals surface area contributed by atoms with Gasteiger partial charge in [0.2, 0.25) is 10.0 Å². The maximum absolute atomic E-state index is 12.4. The molecule has 2 fully saturated rings. The van der Waals surface area contributed by atoms with Gasteiger partial charge in [-0.3, -0.25) is 4.79 Å². The molecule has 0 bridgehead atoms. The number of carbonyl (C=O) groups is 1. The number of piperidine rings is 1. The van der Waals surface area contributed by atoms with Gasteiger partial charge < -0.3 is 14.2 Å². The first-order valence-electron chi connectivity index (χ1n) is 8.70. The molecular formula is C16H25N3O5S. The van der Waals surface area contributed by atoms with Crippen LogP contribution in [0.15, 0.2) is 10.6 Å². The molecule has 0 unspecified atom stereocenters. The maximum atomic E-state index is 12.4. The van der Waals surface area contributed by atoms with Gasteiger partial charge >= 0.3 is 0 Å². The molecule has 3 rings (SSSR count). The molecule has 0 N–H and O–H groups in total. The Balaban J connectivity index is 1.63. The van der Waals surface area contributed by atoms with Crippen LogP contribution in [-0.2, 0) is 14.8 Å². The van der Waals surface area contributed by atoms with Gasteiger partial charge in [0.1, 0.15) is 5.76 Å². The van der Waals surface area contributed by atoms with Crippen molar-refractivity contribution in [3.8, 4) is 0 Å². The van der Waals surface area contributed by atoms with Crippen molar-refractivity contribution in [1.29, 1.82) is 0 Å². The second-order valence-electron chi connectivity index (χ2n) is 6.80. The molecule has 1 aromatic rings. The summed E-state index contributed by atoms with van der Waals surface area (Å²) in [5.41, 5.74) is -0.180. The number of hydrogen-bond acceptors (Lipinski definition) is 6. The van der Waals surface area contributed by atoms with Crippen LogP contribution in [0.4, 0.5) is 0 Å². The fourth-order valence-corrected chi connectivity index (χ4v) is 5.04. The molecule has 1 amide bonds. The number of ether oxygens (including phenoxy) is 1. The monoisotopic (exact) mass is 371 g/mol. The fourth-order valence-electron chi connectivity index (χ4n) is 3.48. The summed E-state index contributed by atoms with van der Waals surface area (Å²) in [4.78, 5) is 14.2. The lowest BCUT2D eigenvalue weighted by atomic mass is 9.90. The van der Waals surface area contributed by atoms with Gasteiger partial charge in [-0.05, 0) is 26.2 Å². The van der Waals surface area contributed by atoms with E-state index < -0.39 is 15.6 Å². The van der Waals surface area contributed by atoms with Crippen LogP contribution in [0, 0.1) is 6.92 Å². The molecule has 0 aromatic carbocycles. The third-order valence-corrected chi connectivity index (χ3v) is 6.90. The lowest BCUT2D eigenvalue weighted by Crippen LogP contribution is -2.58. The Kier molecular flexibility index (Phi) is 5.17. The molecule has 2 saturated heterocycles. The minimum Gasteiger partial charge on any atom is -0.372 e. The number of amides is 1. The van der Waals surface area contributed by atoms with Crippen LogP contribution >= 0.6 is 0 Å². The molecule has 0 aliphatic carbocycles. The van der Waals surface area contributed by atoms with Gasteiger partial charge in [-0.15, -0.1) is 0 Å². The molecule has 2 aliphatic rings. The second-order valence-corrected chi connectivity index (χ2v) is 8.88. The Morgan fingerprint density at radius 1 is 1.32 bits per heavy atom. The first-order valence-corrected chi connectivity index (χ1v) is 10.3. The van der Waals surface area contributed by atoms with Crippen molar-refractivity contribution < 1.29 is 22.5 Å². The Labute approximate surface area is 148 Å². The van der Waals surface area contributed by atoms with Crippen LogP contribution in [0.25, 0.3) is 0 Å². The highest BCUT2D eigenvalue weighted by molar-refractivity contribution is 7.89. The number of hydrogen-bond donors (Lipinski definition) is 0. The molecule has 2 aliphatic heterocycles. The molecule has 8 nitrogen and oxygen atoms in total. The summed E-state index contributed by atoms with van der Waals surface area (Å²) in [6.45, 7) is 5.84. The number of carbonyl (C=O) groups excluding carboxylic acids is 1. The summed E-state index contributed by atoms with van der Waals surface area (Å²) in [6, 6.07) is 1.63. The molecule has 0 saturated carbocycles. The summed E-state index contributed by atoms with van der Waals surface area (Å²) in [7, 11) is -3.23. The van der Waals surface area contributed by atoms with E-state index in [1.165, 1.54) is 0 Å². The van der Waals surface area contributed by atoms with Crippen LogP contribution < -0.4 is 0 Å². The molecular weight excluding hydrogens is 346 g/mol. The van der Waals surface area contributed by atoms with E-state index in [9.17, 15) is 13.2 Å². The predicted octanol–water partition coefficient (Wildman–Crippen LogP) is 1.03.